The van der Waals surface area contributed by atoms with Crippen LogP contribution in [0.25, 0.3) is 0 Å². The molecular formula is C15H20N4O2. The van der Waals surface area contributed by atoms with E-state index in [1.54, 1.807) is 11.6 Å². The highest BCUT2D eigenvalue weighted by Crippen LogP contribution is 2.26. The summed E-state index contributed by atoms with van der Waals surface area (Å²) in [5.41, 5.74) is 0.987. The lowest BCUT2D eigenvalue weighted by Crippen LogP contribution is -2.32. The van der Waals surface area contributed by atoms with E-state index in [9.17, 15) is 10.1 Å². The predicted octanol–water partition coefficient (Wildman–Crippen LogP) is 3.15. The first-order chi connectivity index (χ1) is 9.89. The molecule has 1 N–H and O–H groups in total. The number of anilines is 1. The maximum atomic E-state index is 11.0. The van der Waals surface area contributed by atoms with E-state index in [2.05, 4.69) is 22.4 Å². The van der Waals surface area contributed by atoms with E-state index in [-0.39, 0.29) is 11.4 Å². The monoisotopic (exact) mass is 288 g/mol. The third-order valence-corrected chi connectivity index (χ3v) is 3.43. The van der Waals surface area contributed by atoms with Crippen LogP contribution in [0.5, 0.6) is 0 Å². The molecule has 0 bridgehead atoms. The van der Waals surface area contributed by atoms with Crippen LogP contribution in [0.4, 0.5) is 11.6 Å². The van der Waals surface area contributed by atoms with Crippen molar-refractivity contribution in [3.8, 4) is 0 Å². The molecule has 0 spiro atoms. The van der Waals surface area contributed by atoms with Gasteiger partial charge in [-0.1, -0.05) is 30.3 Å². The molecule has 2 aromatic rings. The second-order valence-electron chi connectivity index (χ2n) is 5.78. The minimum Gasteiger partial charge on any atom is -0.359 e. The lowest BCUT2D eigenvalue weighted by atomic mass is 9.95. The number of imidazole rings is 1. The number of nitro groups is 1. The summed E-state index contributed by atoms with van der Waals surface area (Å²) in [4.78, 5) is 14.3. The predicted molar refractivity (Wildman–Crippen MR) is 82.3 cm³/mol. The summed E-state index contributed by atoms with van der Waals surface area (Å²) in [6, 6.07) is 10.2. The smallest absolute Gasteiger partial charge is 0.359 e. The van der Waals surface area contributed by atoms with Crippen LogP contribution in [0.3, 0.4) is 0 Å². The summed E-state index contributed by atoms with van der Waals surface area (Å²) in [6.45, 7) is 4.07. The molecule has 6 nitrogen and oxygen atoms in total. The van der Waals surface area contributed by atoms with Gasteiger partial charge in [0.2, 0.25) is 12.1 Å². The molecule has 6 heteroatoms. The molecule has 0 amide bonds. The molecule has 0 atom stereocenters. The van der Waals surface area contributed by atoms with Crippen LogP contribution in [0.2, 0.25) is 0 Å². The molecule has 0 radical (unpaired) electrons. The van der Waals surface area contributed by atoms with Crippen molar-refractivity contribution in [2.45, 2.75) is 32.2 Å². The average Bonchev–Trinajstić information content (AvgIpc) is 2.79. The number of rotatable bonds is 6. The second-order valence-corrected chi connectivity index (χ2v) is 5.78. The van der Waals surface area contributed by atoms with E-state index in [0.717, 1.165) is 12.8 Å². The van der Waals surface area contributed by atoms with Crippen molar-refractivity contribution in [1.29, 1.82) is 0 Å². The number of nitrogens with one attached hydrogen (secondary N) is 1. The Morgan fingerprint density at radius 3 is 2.62 bits per heavy atom. The number of hydrogen-bond acceptors (Lipinski definition) is 4. The van der Waals surface area contributed by atoms with E-state index in [1.807, 2.05) is 32.0 Å². The SMILES string of the molecule is Cn1cnc([N+](=O)[O-])c1NC(C)(C)CCc1ccccc1. The molecule has 0 fully saturated rings. The van der Waals surface area contributed by atoms with Crippen LogP contribution in [-0.2, 0) is 13.5 Å². The first-order valence-corrected chi connectivity index (χ1v) is 6.87. The van der Waals surface area contributed by atoms with Crippen LogP contribution in [0.1, 0.15) is 25.8 Å². The van der Waals surface area contributed by atoms with E-state index >= 15 is 0 Å². The normalized spacial score (nSPS) is 11.4. The highest BCUT2D eigenvalue weighted by molar-refractivity contribution is 5.53. The molecule has 0 unspecified atom stereocenters. The fraction of sp³-hybridized carbons (Fsp3) is 0.400. The van der Waals surface area contributed by atoms with Gasteiger partial charge < -0.3 is 15.4 Å². The van der Waals surface area contributed by atoms with Gasteiger partial charge in [0.1, 0.15) is 0 Å². The van der Waals surface area contributed by atoms with Crippen LogP contribution in [-0.4, -0.2) is 20.0 Å². The molecule has 0 saturated carbocycles. The van der Waals surface area contributed by atoms with Crippen LogP contribution < -0.4 is 5.32 Å². The van der Waals surface area contributed by atoms with Gasteiger partial charge in [-0.05, 0) is 42.2 Å². The minimum atomic E-state index is -0.463. The minimum absolute atomic E-state index is 0.134. The third-order valence-electron chi connectivity index (χ3n) is 3.43. The molecule has 21 heavy (non-hydrogen) atoms. The average molecular weight is 288 g/mol. The molecule has 0 aliphatic heterocycles. The topological polar surface area (TPSA) is 73.0 Å². The van der Waals surface area contributed by atoms with E-state index in [1.165, 1.54) is 11.9 Å². The summed E-state index contributed by atoms with van der Waals surface area (Å²) in [5, 5.41) is 14.2. The summed E-state index contributed by atoms with van der Waals surface area (Å²) in [7, 11) is 1.75. The summed E-state index contributed by atoms with van der Waals surface area (Å²) < 4.78 is 1.64. The lowest BCUT2D eigenvalue weighted by Gasteiger charge is -2.27. The van der Waals surface area contributed by atoms with Gasteiger partial charge in [-0.25, -0.2) is 0 Å². The van der Waals surface area contributed by atoms with Crippen LogP contribution >= 0.6 is 0 Å². The quantitative estimate of drug-likeness (QED) is 0.654. The zero-order chi connectivity index (χ0) is 15.5. The van der Waals surface area contributed by atoms with E-state index in [0.29, 0.717) is 5.82 Å². The van der Waals surface area contributed by atoms with Crippen molar-refractivity contribution in [2.24, 2.45) is 7.05 Å². The molecule has 0 aliphatic rings. The van der Waals surface area contributed by atoms with Gasteiger partial charge in [-0.3, -0.25) is 4.57 Å². The Labute approximate surface area is 124 Å². The first-order valence-electron chi connectivity index (χ1n) is 6.87. The number of aromatic nitrogens is 2. The summed E-state index contributed by atoms with van der Waals surface area (Å²) >= 11 is 0. The molecule has 1 heterocycles. The number of nitrogens with zero attached hydrogens (tertiary/aromatic N) is 3. The fourth-order valence-electron chi connectivity index (χ4n) is 2.18. The van der Waals surface area contributed by atoms with Gasteiger partial charge in [-0.2, -0.15) is 0 Å². The summed E-state index contributed by atoms with van der Waals surface area (Å²) in [6.07, 6.45) is 3.22. The highest BCUT2D eigenvalue weighted by Gasteiger charge is 2.26. The van der Waals surface area contributed by atoms with Crippen molar-refractivity contribution < 1.29 is 4.92 Å². The van der Waals surface area contributed by atoms with Gasteiger partial charge in [0.05, 0.1) is 0 Å². The first kappa shape index (κ1) is 15.0. The summed E-state index contributed by atoms with van der Waals surface area (Å²) in [5.74, 6) is 0.309. The second kappa shape index (κ2) is 5.95. The molecular weight excluding hydrogens is 268 g/mol. The van der Waals surface area contributed by atoms with Crippen molar-refractivity contribution >= 4 is 11.6 Å². The van der Waals surface area contributed by atoms with Gasteiger partial charge >= 0.3 is 5.82 Å². The zero-order valence-electron chi connectivity index (χ0n) is 12.5. The van der Waals surface area contributed by atoms with Gasteiger partial charge in [-0.15, -0.1) is 0 Å². The Kier molecular flexibility index (Phi) is 4.26. The fourth-order valence-corrected chi connectivity index (χ4v) is 2.18. The van der Waals surface area contributed by atoms with Crippen LogP contribution in [0.15, 0.2) is 36.7 Å². The molecule has 1 aromatic heterocycles. The van der Waals surface area contributed by atoms with Gasteiger partial charge in [0.15, 0.2) is 0 Å². The van der Waals surface area contributed by atoms with Crippen molar-refractivity contribution in [3.63, 3.8) is 0 Å². The standard InChI is InChI=1S/C15H20N4O2/c1-15(2,10-9-12-7-5-4-6-8-12)17-14-13(19(20)21)16-11-18(14)3/h4-8,11,17H,9-10H2,1-3H3. The number of benzene rings is 1. The third kappa shape index (κ3) is 3.81. The molecule has 0 saturated heterocycles. The molecule has 112 valence electrons. The van der Waals surface area contributed by atoms with Crippen molar-refractivity contribution in [3.05, 3.63) is 52.3 Å². The number of hydrogen-bond donors (Lipinski definition) is 1. The van der Waals surface area contributed by atoms with Crippen LogP contribution in [0, 0.1) is 10.1 Å². The molecule has 1 aromatic carbocycles. The Bertz CT molecular complexity index is 620. The Hall–Kier alpha value is -2.37. The largest absolute Gasteiger partial charge is 0.406 e. The van der Waals surface area contributed by atoms with Gasteiger partial charge in [0.25, 0.3) is 0 Å². The maximum Gasteiger partial charge on any atom is 0.406 e. The Morgan fingerprint density at radius 1 is 1.33 bits per heavy atom. The lowest BCUT2D eigenvalue weighted by molar-refractivity contribution is -0.388. The van der Waals surface area contributed by atoms with Crippen molar-refractivity contribution in [1.82, 2.24) is 9.55 Å². The van der Waals surface area contributed by atoms with Crippen molar-refractivity contribution in [2.75, 3.05) is 5.32 Å². The Balaban J connectivity index is 2.07. The zero-order valence-corrected chi connectivity index (χ0v) is 12.5. The molecule has 2 rings (SSSR count). The van der Waals surface area contributed by atoms with E-state index in [4.69, 9.17) is 0 Å². The molecule has 0 aliphatic carbocycles. The number of aryl methyl sites for hydroxylation is 2. The highest BCUT2D eigenvalue weighted by atomic mass is 16.6. The Morgan fingerprint density at radius 2 is 2.00 bits per heavy atom. The van der Waals surface area contributed by atoms with E-state index < -0.39 is 4.92 Å². The maximum absolute atomic E-state index is 11.0. The van der Waals surface area contributed by atoms with Gasteiger partial charge in [0, 0.05) is 12.6 Å².